The molecule has 5 heteroatoms. The number of piperidine rings is 1. The van der Waals surface area contributed by atoms with Crippen LogP contribution < -0.4 is 5.32 Å². The van der Waals surface area contributed by atoms with Gasteiger partial charge in [0.05, 0.1) is 11.6 Å². The number of carbonyl (C=O) groups is 1. The van der Waals surface area contributed by atoms with Crippen LogP contribution in [0.5, 0.6) is 0 Å². The summed E-state index contributed by atoms with van der Waals surface area (Å²) in [6.45, 7) is 4.30. The van der Waals surface area contributed by atoms with Gasteiger partial charge in [-0.05, 0) is 56.5 Å². The maximum absolute atomic E-state index is 12.4. The highest BCUT2D eigenvalue weighted by Gasteiger charge is 2.29. The minimum Gasteiger partial charge on any atom is -0.381 e. The molecule has 1 amide bonds. The first-order valence-corrected chi connectivity index (χ1v) is 8.85. The van der Waals surface area contributed by atoms with E-state index in [1.54, 1.807) is 12.1 Å². The van der Waals surface area contributed by atoms with Crippen molar-refractivity contribution in [1.82, 2.24) is 10.2 Å². The largest absolute Gasteiger partial charge is 0.381 e. The molecule has 0 spiro atoms. The molecule has 2 aliphatic heterocycles. The third kappa shape index (κ3) is 4.34. The lowest BCUT2D eigenvalue weighted by molar-refractivity contribution is -0.127. The zero-order valence-electron chi connectivity index (χ0n) is 14.0. The van der Waals surface area contributed by atoms with Crippen molar-refractivity contribution in [3.8, 4) is 6.07 Å². The van der Waals surface area contributed by atoms with Crippen molar-refractivity contribution in [2.75, 3.05) is 26.3 Å². The van der Waals surface area contributed by atoms with Crippen LogP contribution in [-0.2, 0) is 16.1 Å². The van der Waals surface area contributed by atoms with E-state index >= 15 is 0 Å². The first-order chi connectivity index (χ1) is 11.8. The summed E-state index contributed by atoms with van der Waals surface area (Å²) in [7, 11) is 0. The number of nitriles is 1. The Hall–Kier alpha value is -1.90. The number of rotatable bonds is 4. The minimum absolute atomic E-state index is 0.125. The second kappa shape index (κ2) is 8.27. The average Bonchev–Trinajstić information content (AvgIpc) is 2.67. The molecule has 5 nitrogen and oxygen atoms in total. The lowest BCUT2D eigenvalue weighted by atomic mass is 9.93. The number of hydrogen-bond donors (Lipinski definition) is 1. The van der Waals surface area contributed by atoms with Gasteiger partial charge in [0.25, 0.3) is 0 Å². The molecular formula is C19H25N3O2. The van der Waals surface area contributed by atoms with Crippen LogP contribution >= 0.6 is 0 Å². The SMILES string of the molecule is N#Cc1ccc(CNC(=O)C2CCN(C3CCOCC3)CC2)cc1. The Balaban J connectivity index is 1.42. The molecule has 2 fully saturated rings. The van der Waals surface area contributed by atoms with E-state index in [9.17, 15) is 4.79 Å². The summed E-state index contributed by atoms with van der Waals surface area (Å²) in [6.07, 6.45) is 4.12. The molecule has 1 aromatic carbocycles. The summed E-state index contributed by atoms with van der Waals surface area (Å²) < 4.78 is 5.43. The van der Waals surface area contributed by atoms with E-state index < -0.39 is 0 Å². The Kier molecular flexibility index (Phi) is 5.84. The van der Waals surface area contributed by atoms with Gasteiger partial charge in [-0.15, -0.1) is 0 Å². The van der Waals surface area contributed by atoms with Gasteiger partial charge in [0.15, 0.2) is 0 Å². The summed E-state index contributed by atoms with van der Waals surface area (Å²) in [6, 6.07) is 10.1. The Morgan fingerprint density at radius 1 is 1.17 bits per heavy atom. The quantitative estimate of drug-likeness (QED) is 0.919. The van der Waals surface area contributed by atoms with Crippen molar-refractivity contribution in [2.45, 2.75) is 38.3 Å². The van der Waals surface area contributed by atoms with Crippen molar-refractivity contribution in [3.63, 3.8) is 0 Å². The Bertz CT molecular complexity index is 580. The maximum atomic E-state index is 12.4. The van der Waals surface area contributed by atoms with Gasteiger partial charge < -0.3 is 15.0 Å². The van der Waals surface area contributed by atoms with Crippen LogP contribution in [0.4, 0.5) is 0 Å². The standard InChI is InChI=1S/C19H25N3O2/c20-13-15-1-3-16(4-2-15)14-21-19(23)17-5-9-22(10-6-17)18-7-11-24-12-8-18/h1-4,17-18H,5-12,14H2,(H,21,23). The van der Waals surface area contributed by atoms with Crippen molar-refractivity contribution in [1.29, 1.82) is 5.26 Å². The predicted molar refractivity (Wildman–Crippen MR) is 91.1 cm³/mol. The Morgan fingerprint density at radius 2 is 1.83 bits per heavy atom. The molecule has 0 aromatic heterocycles. The van der Waals surface area contributed by atoms with E-state index in [-0.39, 0.29) is 11.8 Å². The number of hydrogen-bond acceptors (Lipinski definition) is 4. The average molecular weight is 327 g/mol. The molecule has 1 N–H and O–H groups in total. The molecule has 0 unspecified atom stereocenters. The second-order valence-electron chi connectivity index (χ2n) is 6.68. The fraction of sp³-hybridized carbons (Fsp3) is 0.579. The molecule has 0 saturated carbocycles. The van der Waals surface area contributed by atoms with E-state index in [1.165, 1.54) is 0 Å². The molecule has 128 valence electrons. The van der Waals surface area contributed by atoms with Crippen molar-refractivity contribution in [2.24, 2.45) is 5.92 Å². The highest BCUT2D eigenvalue weighted by Crippen LogP contribution is 2.23. The van der Waals surface area contributed by atoms with Gasteiger partial charge in [0.2, 0.25) is 5.91 Å². The van der Waals surface area contributed by atoms with Gasteiger partial charge in [-0.3, -0.25) is 4.79 Å². The fourth-order valence-corrected chi connectivity index (χ4v) is 3.61. The van der Waals surface area contributed by atoms with E-state index in [0.29, 0.717) is 18.2 Å². The van der Waals surface area contributed by atoms with Gasteiger partial charge in [0.1, 0.15) is 0 Å². The number of amides is 1. The summed E-state index contributed by atoms with van der Waals surface area (Å²) in [5, 5.41) is 11.8. The van der Waals surface area contributed by atoms with Gasteiger partial charge >= 0.3 is 0 Å². The zero-order chi connectivity index (χ0) is 16.8. The summed E-state index contributed by atoms with van der Waals surface area (Å²) >= 11 is 0. The van der Waals surface area contributed by atoms with Crippen molar-refractivity contribution < 1.29 is 9.53 Å². The van der Waals surface area contributed by atoms with Gasteiger partial charge in [0, 0.05) is 31.7 Å². The van der Waals surface area contributed by atoms with Crippen LogP contribution in [0.15, 0.2) is 24.3 Å². The van der Waals surface area contributed by atoms with Crippen molar-refractivity contribution >= 4 is 5.91 Å². The molecule has 0 radical (unpaired) electrons. The minimum atomic E-state index is 0.125. The monoisotopic (exact) mass is 327 g/mol. The Morgan fingerprint density at radius 3 is 2.46 bits per heavy atom. The molecule has 0 aliphatic carbocycles. The van der Waals surface area contributed by atoms with E-state index in [0.717, 1.165) is 57.6 Å². The zero-order valence-corrected chi connectivity index (χ0v) is 14.0. The van der Waals surface area contributed by atoms with Crippen LogP contribution in [0, 0.1) is 17.2 Å². The molecule has 0 atom stereocenters. The van der Waals surface area contributed by atoms with Crippen LogP contribution in [-0.4, -0.2) is 43.2 Å². The second-order valence-corrected chi connectivity index (χ2v) is 6.68. The van der Waals surface area contributed by atoms with Gasteiger partial charge in [-0.25, -0.2) is 0 Å². The van der Waals surface area contributed by atoms with Gasteiger partial charge in [-0.2, -0.15) is 5.26 Å². The van der Waals surface area contributed by atoms with E-state index in [4.69, 9.17) is 10.00 Å². The molecule has 24 heavy (non-hydrogen) atoms. The van der Waals surface area contributed by atoms with Crippen LogP contribution in [0.1, 0.15) is 36.8 Å². The number of ether oxygens (including phenoxy) is 1. The van der Waals surface area contributed by atoms with Crippen LogP contribution in [0.25, 0.3) is 0 Å². The highest BCUT2D eigenvalue weighted by atomic mass is 16.5. The predicted octanol–water partition coefficient (Wildman–Crippen LogP) is 2.07. The normalized spacial score (nSPS) is 20.5. The maximum Gasteiger partial charge on any atom is 0.223 e. The van der Waals surface area contributed by atoms with Crippen LogP contribution in [0.2, 0.25) is 0 Å². The molecule has 2 saturated heterocycles. The number of benzene rings is 1. The number of likely N-dealkylation sites (tertiary alicyclic amines) is 1. The number of nitrogens with one attached hydrogen (secondary N) is 1. The fourth-order valence-electron chi connectivity index (χ4n) is 3.61. The van der Waals surface area contributed by atoms with Crippen LogP contribution in [0.3, 0.4) is 0 Å². The summed E-state index contributed by atoms with van der Waals surface area (Å²) in [5.74, 6) is 0.283. The lowest BCUT2D eigenvalue weighted by Gasteiger charge is -2.38. The molecule has 2 heterocycles. The van der Waals surface area contributed by atoms with Crippen molar-refractivity contribution in [3.05, 3.63) is 35.4 Å². The van der Waals surface area contributed by atoms with E-state index in [2.05, 4.69) is 16.3 Å². The smallest absolute Gasteiger partial charge is 0.223 e. The summed E-state index contributed by atoms with van der Waals surface area (Å²) in [5.41, 5.74) is 1.67. The molecule has 0 bridgehead atoms. The highest BCUT2D eigenvalue weighted by molar-refractivity contribution is 5.78. The molecular weight excluding hydrogens is 302 g/mol. The third-order valence-corrected chi connectivity index (χ3v) is 5.16. The number of carbonyl (C=O) groups excluding carboxylic acids is 1. The summed E-state index contributed by atoms with van der Waals surface area (Å²) in [4.78, 5) is 14.9. The molecule has 2 aliphatic rings. The van der Waals surface area contributed by atoms with E-state index in [1.807, 2.05) is 12.1 Å². The lowest BCUT2D eigenvalue weighted by Crippen LogP contribution is -2.46. The van der Waals surface area contributed by atoms with Gasteiger partial charge in [-0.1, -0.05) is 12.1 Å². The first kappa shape index (κ1) is 16.9. The topological polar surface area (TPSA) is 65.4 Å². The Labute approximate surface area is 143 Å². The number of nitrogens with zero attached hydrogens (tertiary/aromatic N) is 2. The third-order valence-electron chi connectivity index (χ3n) is 5.16. The molecule has 1 aromatic rings. The first-order valence-electron chi connectivity index (χ1n) is 8.85. The molecule has 3 rings (SSSR count).